The number of aliphatic hydroxyl groups excluding tert-OH is 1. The van der Waals surface area contributed by atoms with Gasteiger partial charge in [0.2, 0.25) is 0 Å². The molecule has 3 fully saturated rings. The molecule has 0 amide bonds. The number of hydrogen-bond acceptors (Lipinski definition) is 2. The number of ether oxygens (including phenoxy) is 1. The second-order valence-corrected chi connectivity index (χ2v) is 7.30. The molecule has 1 aliphatic heterocycles. The molecule has 1 heterocycles. The summed E-state index contributed by atoms with van der Waals surface area (Å²) >= 11 is 0. The van der Waals surface area contributed by atoms with Gasteiger partial charge < -0.3 is 9.84 Å². The Morgan fingerprint density at radius 3 is 2.53 bits per heavy atom. The van der Waals surface area contributed by atoms with E-state index < -0.39 is 0 Å². The van der Waals surface area contributed by atoms with E-state index in [9.17, 15) is 5.11 Å². The van der Waals surface area contributed by atoms with Crippen molar-refractivity contribution in [2.75, 3.05) is 0 Å². The minimum atomic E-state index is -0.0439. The largest absolute Gasteiger partial charge is 0.393 e. The highest BCUT2D eigenvalue weighted by Crippen LogP contribution is 2.44. The molecule has 2 aliphatic carbocycles. The van der Waals surface area contributed by atoms with Gasteiger partial charge >= 0.3 is 0 Å². The first-order valence-electron chi connectivity index (χ1n) is 8.62. The van der Waals surface area contributed by atoms with Crippen molar-refractivity contribution in [2.45, 2.75) is 101 Å². The van der Waals surface area contributed by atoms with Crippen LogP contribution in [0.2, 0.25) is 0 Å². The molecule has 1 spiro atoms. The Hall–Kier alpha value is -0.0800. The molecule has 3 unspecified atom stereocenters. The fourth-order valence-electron chi connectivity index (χ4n) is 4.64. The van der Waals surface area contributed by atoms with Crippen LogP contribution in [-0.2, 0) is 4.74 Å². The van der Waals surface area contributed by atoms with Gasteiger partial charge in [0.25, 0.3) is 0 Å². The third-order valence-corrected chi connectivity index (χ3v) is 5.70. The van der Waals surface area contributed by atoms with Crippen LogP contribution in [-0.4, -0.2) is 22.9 Å². The van der Waals surface area contributed by atoms with Gasteiger partial charge in [-0.2, -0.15) is 0 Å². The van der Waals surface area contributed by atoms with E-state index >= 15 is 0 Å². The summed E-state index contributed by atoms with van der Waals surface area (Å²) in [7, 11) is 0. The molecule has 3 atom stereocenters. The summed E-state index contributed by atoms with van der Waals surface area (Å²) in [6, 6.07) is 0. The normalized spacial score (nSPS) is 39.3. The summed E-state index contributed by atoms with van der Waals surface area (Å²) in [4.78, 5) is 0. The highest BCUT2D eigenvalue weighted by molar-refractivity contribution is 4.92. The predicted octanol–water partition coefficient (Wildman–Crippen LogP) is 4.20. The van der Waals surface area contributed by atoms with Crippen LogP contribution in [0.5, 0.6) is 0 Å². The van der Waals surface area contributed by atoms with Crippen LogP contribution in [0.15, 0.2) is 0 Å². The SMILES string of the molecule is OC1CCCCC(CC2CCC3(CCCCC3)O2)C1. The minimum Gasteiger partial charge on any atom is -0.393 e. The molecule has 0 radical (unpaired) electrons. The first-order chi connectivity index (χ1) is 9.26. The lowest BCUT2D eigenvalue weighted by Crippen LogP contribution is -2.32. The molecule has 0 bridgehead atoms. The summed E-state index contributed by atoms with van der Waals surface area (Å²) in [6.45, 7) is 0. The molecule has 0 aromatic heterocycles. The van der Waals surface area contributed by atoms with Crippen molar-refractivity contribution in [1.29, 1.82) is 0 Å². The molecule has 1 N–H and O–H groups in total. The van der Waals surface area contributed by atoms with Crippen molar-refractivity contribution in [3.8, 4) is 0 Å². The fraction of sp³-hybridized carbons (Fsp3) is 1.00. The van der Waals surface area contributed by atoms with Gasteiger partial charge in [0, 0.05) is 0 Å². The van der Waals surface area contributed by atoms with E-state index in [0.29, 0.717) is 12.0 Å². The summed E-state index contributed by atoms with van der Waals surface area (Å²) in [5.41, 5.74) is 0.270. The second kappa shape index (κ2) is 6.13. The maximum Gasteiger partial charge on any atom is 0.0687 e. The molecule has 2 heteroatoms. The van der Waals surface area contributed by atoms with E-state index in [4.69, 9.17) is 4.74 Å². The Morgan fingerprint density at radius 2 is 1.68 bits per heavy atom. The van der Waals surface area contributed by atoms with Gasteiger partial charge in [-0.1, -0.05) is 38.5 Å². The molecule has 3 rings (SSSR count). The quantitative estimate of drug-likeness (QED) is 0.759. The van der Waals surface area contributed by atoms with Gasteiger partial charge in [-0.25, -0.2) is 0 Å². The predicted molar refractivity (Wildman–Crippen MR) is 77.1 cm³/mol. The lowest BCUT2D eigenvalue weighted by Gasteiger charge is -2.34. The summed E-state index contributed by atoms with van der Waals surface area (Å²) in [6.07, 6.45) is 16.8. The van der Waals surface area contributed by atoms with E-state index in [-0.39, 0.29) is 11.7 Å². The van der Waals surface area contributed by atoms with E-state index in [1.165, 1.54) is 70.6 Å². The van der Waals surface area contributed by atoms with Crippen molar-refractivity contribution in [2.24, 2.45) is 5.92 Å². The molecule has 3 aliphatic rings. The minimum absolute atomic E-state index is 0.0439. The molecule has 0 aromatic rings. The topological polar surface area (TPSA) is 29.5 Å². The third-order valence-electron chi connectivity index (χ3n) is 5.70. The Bertz CT molecular complexity index is 283. The van der Waals surface area contributed by atoms with Crippen LogP contribution in [0.1, 0.15) is 83.5 Å². The van der Waals surface area contributed by atoms with Gasteiger partial charge in [-0.3, -0.25) is 0 Å². The third kappa shape index (κ3) is 3.52. The Labute approximate surface area is 117 Å². The lowest BCUT2D eigenvalue weighted by atomic mass is 9.83. The number of rotatable bonds is 2. The molecule has 1 saturated heterocycles. The van der Waals surface area contributed by atoms with Crippen molar-refractivity contribution >= 4 is 0 Å². The van der Waals surface area contributed by atoms with E-state index in [1.54, 1.807) is 0 Å². The zero-order valence-corrected chi connectivity index (χ0v) is 12.3. The van der Waals surface area contributed by atoms with Gasteiger partial charge in [0.15, 0.2) is 0 Å². The summed E-state index contributed by atoms with van der Waals surface area (Å²) < 4.78 is 6.49. The van der Waals surface area contributed by atoms with Gasteiger partial charge in [0.1, 0.15) is 0 Å². The smallest absolute Gasteiger partial charge is 0.0687 e. The van der Waals surface area contributed by atoms with Gasteiger partial charge in [-0.05, 0) is 50.9 Å². The van der Waals surface area contributed by atoms with Crippen LogP contribution in [0.25, 0.3) is 0 Å². The maximum absolute atomic E-state index is 9.93. The number of aliphatic hydroxyl groups is 1. The van der Waals surface area contributed by atoms with Crippen molar-refractivity contribution in [3.05, 3.63) is 0 Å². The molecule has 2 saturated carbocycles. The zero-order chi connectivity index (χ0) is 13.1. The summed E-state index contributed by atoms with van der Waals surface area (Å²) in [5.74, 6) is 0.709. The second-order valence-electron chi connectivity index (χ2n) is 7.30. The van der Waals surface area contributed by atoms with Crippen molar-refractivity contribution in [3.63, 3.8) is 0 Å². The first-order valence-corrected chi connectivity index (χ1v) is 8.62. The first kappa shape index (κ1) is 13.9. The molecular formula is C17H30O2. The standard InChI is InChI=1S/C17H30O2/c18-15-7-3-2-6-14(12-15)13-16-8-11-17(19-16)9-4-1-5-10-17/h14-16,18H,1-13H2. The zero-order valence-electron chi connectivity index (χ0n) is 12.3. The average molecular weight is 266 g/mol. The molecule has 2 nitrogen and oxygen atoms in total. The van der Waals surface area contributed by atoms with Crippen molar-refractivity contribution < 1.29 is 9.84 Å². The molecule has 0 aromatic carbocycles. The Balaban J connectivity index is 1.50. The average Bonchev–Trinajstić information content (AvgIpc) is 2.65. The lowest BCUT2D eigenvalue weighted by molar-refractivity contribution is -0.0711. The van der Waals surface area contributed by atoms with Crippen LogP contribution in [0.3, 0.4) is 0 Å². The van der Waals surface area contributed by atoms with Crippen LogP contribution in [0.4, 0.5) is 0 Å². The van der Waals surface area contributed by atoms with Crippen molar-refractivity contribution in [1.82, 2.24) is 0 Å². The van der Waals surface area contributed by atoms with Gasteiger partial charge in [0.05, 0.1) is 17.8 Å². The van der Waals surface area contributed by atoms with E-state index in [0.717, 1.165) is 12.8 Å². The van der Waals surface area contributed by atoms with Crippen LogP contribution < -0.4 is 0 Å². The Morgan fingerprint density at radius 1 is 0.895 bits per heavy atom. The van der Waals surface area contributed by atoms with E-state index in [1.807, 2.05) is 0 Å². The maximum atomic E-state index is 9.93. The number of hydrogen-bond donors (Lipinski definition) is 1. The monoisotopic (exact) mass is 266 g/mol. The van der Waals surface area contributed by atoms with E-state index in [2.05, 4.69) is 0 Å². The molecule has 19 heavy (non-hydrogen) atoms. The Kier molecular flexibility index (Phi) is 4.48. The van der Waals surface area contributed by atoms with Crippen LogP contribution in [0, 0.1) is 5.92 Å². The fourth-order valence-corrected chi connectivity index (χ4v) is 4.64. The highest BCUT2D eigenvalue weighted by atomic mass is 16.5. The van der Waals surface area contributed by atoms with Crippen LogP contribution >= 0.6 is 0 Å². The molecule has 110 valence electrons. The highest BCUT2D eigenvalue weighted by Gasteiger charge is 2.41. The summed E-state index contributed by atoms with van der Waals surface area (Å²) in [5, 5.41) is 9.93. The van der Waals surface area contributed by atoms with Gasteiger partial charge in [-0.15, -0.1) is 0 Å². The molecular weight excluding hydrogens is 236 g/mol.